The normalized spacial score (nSPS) is 10.2. The monoisotopic (exact) mass is 308 g/mol. The summed E-state index contributed by atoms with van der Waals surface area (Å²) in [5.41, 5.74) is 2.47. The van der Waals surface area contributed by atoms with Gasteiger partial charge in [0.2, 0.25) is 0 Å². The SMILES string of the molecule is CCc1ccccc1NC(=O)Nc1ccc(Cl)c(Cl)c1. The van der Waals surface area contributed by atoms with E-state index in [4.69, 9.17) is 23.2 Å². The summed E-state index contributed by atoms with van der Waals surface area (Å²) in [6.07, 6.45) is 0.850. The number of amides is 2. The van der Waals surface area contributed by atoms with Gasteiger partial charge < -0.3 is 10.6 Å². The summed E-state index contributed by atoms with van der Waals surface area (Å²) in [5.74, 6) is 0. The predicted octanol–water partition coefficient (Wildman–Crippen LogP) is 5.20. The van der Waals surface area contributed by atoms with Gasteiger partial charge in [0.25, 0.3) is 0 Å². The molecule has 0 fully saturated rings. The minimum Gasteiger partial charge on any atom is -0.308 e. The first-order valence-electron chi connectivity index (χ1n) is 6.21. The van der Waals surface area contributed by atoms with Crippen molar-refractivity contribution in [3.63, 3.8) is 0 Å². The highest BCUT2D eigenvalue weighted by molar-refractivity contribution is 6.42. The van der Waals surface area contributed by atoms with Gasteiger partial charge in [0.1, 0.15) is 0 Å². The number of hydrogen-bond acceptors (Lipinski definition) is 1. The van der Waals surface area contributed by atoms with Crippen LogP contribution in [0.1, 0.15) is 12.5 Å². The number of urea groups is 1. The summed E-state index contributed by atoms with van der Waals surface area (Å²) >= 11 is 11.7. The van der Waals surface area contributed by atoms with E-state index in [0.29, 0.717) is 15.7 Å². The second-order valence-corrected chi connectivity index (χ2v) is 5.03. The maximum atomic E-state index is 11.9. The molecule has 0 atom stereocenters. The highest BCUT2D eigenvalue weighted by Gasteiger charge is 2.06. The minimum absolute atomic E-state index is 0.315. The van der Waals surface area contributed by atoms with Crippen LogP contribution in [0.4, 0.5) is 16.2 Å². The molecule has 2 rings (SSSR count). The maximum absolute atomic E-state index is 11.9. The molecule has 20 heavy (non-hydrogen) atoms. The minimum atomic E-state index is -0.315. The van der Waals surface area contributed by atoms with E-state index in [0.717, 1.165) is 17.7 Å². The number of nitrogens with one attached hydrogen (secondary N) is 2. The Hall–Kier alpha value is -1.71. The zero-order valence-electron chi connectivity index (χ0n) is 10.9. The topological polar surface area (TPSA) is 41.1 Å². The number of rotatable bonds is 3. The van der Waals surface area contributed by atoms with Gasteiger partial charge in [0, 0.05) is 11.4 Å². The highest BCUT2D eigenvalue weighted by Crippen LogP contribution is 2.25. The predicted molar refractivity (Wildman–Crippen MR) is 84.9 cm³/mol. The Morgan fingerprint density at radius 2 is 1.80 bits per heavy atom. The van der Waals surface area contributed by atoms with E-state index in [1.807, 2.05) is 31.2 Å². The van der Waals surface area contributed by atoms with Crippen LogP contribution in [-0.2, 0) is 6.42 Å². The number of aryl methyl sites for hydroxylation is 1. The van der Waals surface area contributed by atoms with E-state index in [-0.39, 0.29) is 6.03 Å². The van der Waals surface area contributed by atoms with Crippen LogP contribution in [0.5, 0.6) is 0 Å². The Bertz CT molecular complexity index is 629. The third-order valence-corrected chi connectivity index (χ3v) is 3.56. The van der Waals surface area contributed by atoms with Crippen LogP contribution in [0.15, 0.2) is 42.5 Å². The van der Waals surface area contributed by atoms with Crippen molar-refractivity contribution >= 4 is 40.6 Å². The molecule has 0 heterocycles. The molecule has 0 bridgehead atoms. The molecule has 3 nitrogen and oxygen atoms in total. The molecule has 0 saturated carbocycles. The number of hydrogen-bond donors (Lipinski definition) is 2. The van der Waals surface area contributed by atoms with E-state index in [1.165, 1.54) is 0 Å². The number of halogens is 2. The molecule has 2 aromatic carbocycles. The summed E-state index contributed by atoms with van der Waals surface area (Å²) in [5, 5.41) is 6.39. The lowest BCUT2D eigenvalue weighted by molar-refractivity contribution is 0.262. The second-order valence-electron chi connectivity index (χ2n) is 4.22. The number of para-hydroxylation sites is 1. The fraction of sp³-hybridized carbons (Fsp3) is 0.133. The molecule has 2 amide bonds. The van der Waals surface area contributed by atoms with Crippen molar-refractivity contribution in [2.45, 2.75) is 13.3 Å². The summed E-state index contributed by atoms with van der Waals surface area (Å²) in [6, 6.07) is 12.3. The first-order valence-corrected chi connectivity index (χ1v) is 6.96. The Labute approximate surface area is 127 Å². The van der Waals surface area contributed by atoms with Crippen LogP contribution in [-0.4, -0.2) is 6.03 Å². The van der Waals surface area contributed by atoms with Crippen molar-refractivity contribution < 1.29 is 4.79 Å². The third kappa shape index (κ3) is 3.65. The van der Waals surface area contributed by atoms with Crippen LogP contribution < -0.4 is 10.6 Å². The molecule has 2 aromatic rings. The number of carbonyl (C=O) groups excluding carboxylic acids is 1. The molecular formula is C15H14Cl2N2O. The molecule has 0 aliphatic carbocycles. The Morgan fingerprint density at radius 3 is 2.50 bits per heavy atom. The molecule has 104 valence electrons. The molecule has 0 unspecified atom stereocenters. The Morgan fingerprint density at radius 1 is 1.05 bits per heavy atom. The van der Waals surface area contributed by atoms with Gasteiger partial charge in [-0.15, -0.1) is 0 Å². The molecule has 0 saturated heterocycles. The zero-order chi connectivity index (χ0) is 14.5. The summed E-state index contributed by atoms with van der Waals surface area (Å²) in [7, 11) is 0. The smallest absolute Gasteiger partial charge is 0.308 e. The van der Waals surface area contributed by atoms with Crippen molar-refractivity contribution in [1.82, 2.24) is 0 Å². The molecule has 0 aliphatic heterocycles. The summed E-state index contributed by atoms with van der Waals surface area (Å²) in [6.45, 7) is 2.04. The van der Waals surface area contributed by atoms with Crippen LogP contribution in [0.25, 0.3) is 0 Å². The fourth-order valence-corrected chi connectivity index (χ4v) is 2.11. The first kappa shape index (κ1) is 14.7. The maximum Gasteiger partial charge on any atom is 0.323 e. The highest BCUT2D eigenvalue weighted by atomic mass is 35.5. The van der Waals surface area contributed by atoms with E-state index in [9.17, 15) is 4.79 Å². The Kier molecular flexibility index (Phi) is 4.88. The van der Waals surface area contributed by atoms with Crippen molar-refractivity contribution in [2.24, 2.45) is 0 Å². The van der Waals surface area contributed by atoms with Crippen LogP contribution >= 0.6 is 23.2 Å². The summed E-state index contributed by atoms with van der Waals surface area (Å²) < 4.78 is 0. The number of benzene rings is 2. The van der Waals surface area contributed by atoms with E-state index in [1.54, 1.807) is 18.2 Å². The molecule has 0 radical (unpaired) electrons. The van der Waals surface area contributed by atoms with Crippen LogP contribution in [0.3, 0.4) is 0 Å². The van der Waals surface area contributed by atoms with E-state index >= 15 is 0 Å². The largest absolute Gasteiger partial charge is 0.323 e. The lowest BCUT2D eigenvalue weighted by Gasteiger charge is -2.11. The second kappa shape index (κ2) is 6.64. The molecule has 0 spiro atoms. The standard InChI is InChI=1S/C15H14Cl2N2O/c1-2-10-5-3-4-6-14(10)19-15(20)18-11-7-8-12(16)13(17)9-11/h3-9H,2H2,1H3,(H2,18,19,20). The number of anilines is 2. The van der Waals surface area contributed by atoms with Gasteiger partial charge in [-0.1, -0.05) is 48.3 Å². The molecule has 0 aliphatic rings. The van der Waals surface area contributed by atoms with Gasteiger partial charge in [-0.05, 0) is 36.2 Å². The molecule has 2 N–H and O–H groups in total. The average Bonchev–Trinajstić information content (AvgIpc) is 2.43. The van der Waals surface area contributed by atoms with Crippen LogP contribution in [0, 0.1) is 0 Å². The van der Waals surface area contributed by atoms with Gasteiger partial charge >= 0.3 is 6.03 Å². The molecule has 0 aromatic heterocycles. The molecule has 5 heteroatoms. The Balaban J connectivity index is 2.07. The van der Waals surface area contributed by atoms with Crippen molar-refractivity contribution in [3.8, 4) is 0 Å². The van der Waals surface area contributed by atoms with Gasteiger partial charge in [-0.2, -0.15) is 0 Å². The zero-order valence-corrected chi connectivity index (χ0v) is 12.4. The van der Waals surface area contributed by atoms with Crippen LogP contribution in [0.2, 0.25) is 10.0 Å². The summed E-state index contributed by atoms with van der Waals surface area (Å²) in [4.78, 5) is 11.9. The van der Waals surface area contributed by atoms with E-state index < -0.39 is 0 Å². The number of carbonyl (C=O) groups is 1. The van der Waals surface area contributed by atoms with Gasteiger partial charge in [-0.25, -0.2) is 4.79 Å². The van der Waals surface area contributed by atoms with Crippen molar-refractivity contribution in [2.75, 3.05) is 10.6 Å². The molecular weight excluding hydrogens is 295 g/mol. The lowest BCUT2D eigenvalue weighted by atomic mass is 10.1. The first-order chi connectivity index (χ1) is 9.60. The van der Waals surface area contributed by atoms with Crippen molar-refractivity contribution in [3.05, 3.63) is 58.1 Å². The van der Waals surface area contributed by atoms with Gasteiger partial charge in [-0.3, -0.25) is 0 Å². The van der Waals surface area contributed by atoms with E-state index in [2.05, 4.69) is 10.6 Å². The average molecular weight is 309 g/mol. The fourth-order valence-electron chi connectivity index (χ4n) is 1.81. The van der Waals surface area contributed by atoms with Gasteiger partial charge in [0.15, 0.2) is 0 Å². The van der Waals surface area contributed by atoms with Gasteiger partial charge in [0.05, 0.1) is 10.0 Å². The van der Waals surface area contributed by atoms with Crippen molar-refractivity contribution in [1.29, 1.82) is 0 Å². The third-order valence-electron chi connectivity index (χ3n) is 2.82. The quantitative estimate of drug-likeness (QED) is 0.804. The lowest BCUT2D eigenvalue weighted by Crippen LogP contribution is -2.20.